The Morgan fingerprint density at radius 1 is 1.30 bits per heavy atom. The van der Waals surface area contributed by atoms with Crippen LogP contribution in [0.1, 0.15) is 25.1 Å². The molecule has 5 heteroatoms. The number of nitrogens with one attached hydrogen (secondary N) is 1. The van der Waals surface area contributed by atoms with E-state index in [2.05, 4.69) is 41.6 Å². The van der Waals surface area contributed by atoms with Gasteiger partial charge in [0.15, 0.2) is 0 Å². The number of ether oxygens (including phenoxy) is 1. The normalized spacial score (nSPS) is 11.2. The van der Waals surface area contributed by atoms with E-state index in [1.54, 1.807) is 7.11 Å². The molecule has 0 saturated carbocycles. The summed E-state index contributed by atoms with van der Waals surface area (Å²) in [6, 6.07) is 8.67. The van der Waals surface area contributed by atoms with Crippen molar-refractivity contribution in [2.24, 2.45) is 0 Å². The molecule has 1 N–H and O–H groups in total. The average molecular weight is 274 g/mol. The second-order valence-electron chi connectivity index (χ2n) is 5.04. The van der Waals surface area contributed by atoms with Crippen LogP contribution in [0.25, 0.3) is 5.69 Å². The first-order valence-corrected chi connectivity index (χ1v) is 6.92. The molecule has 0 unspecified atom stereocenters. The molecule has 0 atom stereocenters. The van der Waals surface area contributed by atoms with Crippen LogP contribution in [0.15, 0.2) is 30.5 Å². The predicted octanol–water partition coefficient (Wildman–Crippen LogP) is 1.95. The fourth-order valence-corrected chi connectivity index (χ4v) is 2.03. The van der Waals surface area contributed by atoms with Crippen LogP contribution in [-0.2, 0) is 17.7 Å². The second-order valence-corrected chi connectivity index (χ2v) is 5.04. The van der Waals surface area contributed by atoms with E-state index in [4.69, 9.17) is 4.74 Å². The van der Waals surface area contributed by atoms with E-state index < -0.39 is 0 Å². The summed E-state index contributed by atoms with van der Waals surface area (Å²) in [5, 5.41) is 11.7. The molecule has 0 fully saturated rings. The number of hydrogen-bond donors (Lipinski definition) is 1. The number of benzene rings is 1. The van der Waals surface area contributed by atoms with Gasteiger partial charge in [0.2, 0.25) is 0 Å². The maximum absolute atomic E-state index is 5.17. The van der Waals surface area contributed by atoms with Crippen molar-refractivity contribution in [1.82, 2.24) is 20.3 Å². The molecule has 0 saturated heterocycles. The number of nitrogens with zero attached hydrogens (tertiary/aromatic N) is 3. The van der Waals surface area contributed by atoms with Crippen LogP contribution in [0.5, 0.6) is 0 Å². The molecule has 1 aromatic carbocycles. The van der Waals surface area contributed by atoms with Crippen LogP contribution in [0.4, 0.5) is 0 Å². The molecular weight excluding hydrogens is 252 g/mol. The van der Waals surface area contributed by atoms with Crippen molar-refractivity contribution in [3.63, 3.8) is 0 Å². The third kappa shape index (κ3) is 3.65. The minimum absolute atomic E-state index is 0.432. The van der Waals surface area contributed by atoms with Crippen molar-refractivity contribution in [3.8, 4) is 5.69 Å². The SMILES string of the molecule is COCCc1ccccc1-n1nncc1CNC(C)C. The maximum atomic E-state index is 5.17. The Bertz CT molecular complexity index is 536. The highest BCUT2D eigenvalue weighted by atomic mass is 16.5. The molecule has 0 aliphatic heterocycles. The van der Waals surface area contributed by atoms with Crippen LogP contribution in [0.2, 0.25) is 0 Å². The monoisotopic (exact) mass is 274 g/mol. The summed E-state index contributed by atoms with van der Waals surface area (Å²) in [6.45, 7) is 5.70. The van der Waals surface area contributed by atoms with Gasteiger partial charge in [-0.05, 0) is 18.1 Å². The highest BCUT2D eigenvalue weighted by molar-refractivity contribution is 5.41. The third-order valence-electron chi connectivity index (χ3n) is 3.11. The maximum Gasteiger partial charge on any atom is 0.0783 e. The lowest BCUT2D eigenvalue weighted by atomic mass is 10.1. The third-order valence-corrected chi connectivity index (χ3v) is 3.11. The van der Waals surface area contributed by atoms with Gasteiger partial charge in [0.05, 0.1) is 24.2 Å². The van der Waals surface area contributed by atoms with Crippen LogP contribution in [-0.4, -0.2) is 34.8 Å². The Morgan fingerprint density at radius 2 is 2.10 bits per heavy atom. The van der Waals surface area contributed by atoms with Crippen molar-refractivity contribution >= 4 is 0 Å². The van der Waals surface area contributed by atoms with Gasteiger partial charge in [-0.2, -0.15) is 0 Å². The second kappa shape index (κ2) is 7.17. The Hall–Kier alpha value is -1.72. The molecule has 0 amide bonds. The molecule has 0 bridgehead atoms. The lowest BCUT2D eigenvalue weighted by Gasteiger charge is -2.13. The molecule has 1 aromatic heterocycles. The van der Waals surface area contributed by atoms with Crippen LogP contribution in [0, 0.1) is 0 Å². The first-order chi connectivity index (χ1) is 9.72. The zero-order chi connectivity index (χ0) is 14.4. The smallest absolute Gasteiger partial charge is 0.0783 e. The molecule has 20 heavy (non-hydrogen) atoms. The number of para-hydroxylation sites is 1. The van der Waals surface area contributed by atoms with Crippen molar-refractivity contribution in [2.75, 3.05) is 13.7 Å². The number of methoxy groups -OCH3 is 1. The van der Waals surface area contributed by atoms with Crippen molar-refractivity contribution in [2.45, 2.75) is 32.9 Å². The van der Waals surface area contributed by atoms with Crippen molar-refractivity contribution < 1.29 is 4.74 Å². The van der Waals surface area contributed by atoms with E-state index in [1.165, 1.54) is 5.56 Å². The van der Waals surface area contributed by atoms with Crippen LogP contribution < -0.4 is 5.32 Å². The minimum Gasteiger partial charge on any atom is -0.384 e. The standard InChI is InChI=1S/C15H22N4O/c1-12(2)16-10-14-11-17-18-19(14)15-7-5-4-6-13(15)8-9-20-3/h4-7,11-12,16H,8-10H2,1-3H3. The Balaban J connectivity index is 2.25. The number of aromatic nitrogens is 3. The fraction of sp³-hybridized carbons (Fsp3) is 0.467. The van der Waals surface area contributed by atoms with Crippen LogP contribution >= 0.6 is 0 Å². The molecule has 5 nitrogen and oxygen atoms in total. The highest BCUT2D eigenvalue weighted by Gasteiger charge is 2.10. The molecule has 0 radical (unpaired) electrons. The van der Waals surface area contributed by atoms with Gasteiger partial charge in [0.1, 0.15) is 0 Å². The van der Waals surface area contributed by atoms with Gasteiger partial charge >= 0.3 is 0 Å². The summed E-state index contributed by atoms with van der Waals surface area (Å²) < 4.78 is 7.07. The van der Waals surface area contributed by atoms with Gasteiger partial charge in [0, 0.05) is 19.7 Å². The topological polar surface area (TPSA) is 52.0 Å². The van der Waals surface area contributed by atoms with Gasteiger partial charge in [-0.1, -0.05) is 37.3 Å². The van der Waals surface area contributed by atoms with Crippen LogP contribution in [0.3, 0.4) is 0 Å². The largest absolute Gasteiger partial charge is 0.384 e. The van der Waals surface area contributed by atoms with E-state index >= 15 is 0 Å². The van der Waals surface area contributed by atoms with Gasteiger partial charge in [-0.25, -0.2) is 4.68 Å². The summed E-state index contributed by atoms with van der Waals surface area (Å²) in [5.74, 6) is 0. The lowest BCUT2D eigenvalue weighted by Crippen LogP contribution is -2.23. The van der Waals surface area contributed by atoms with E-state index in [-0.39, 0.29) is 0 Å². The van der Waals surface area contributed by atoms with Gasteiger partial charge in [-0.3, -0.25) is 0 Å². The summed E-state index contributed by atoms with van der Waals surface area (Å²) >= 11 is 0. The Labute approximate surface area is 120 Å². The molecule has 2 aromatic rings. The Kier molecular flexibility index (Phi) is 5.26. The minimum atomic E-state index is 0.432. The van der Waals surface area contributed by atoms with Crippen molar-refractivity contribution in [3.05, 3.63) is 41.7 Å². The highest BCUT2D eigenvalue weighted by Crippen LogP contribution is 2.16. The number of rotatable bonds is 7. The zero-order valence-corrected chi connectivity index (χ0v) is 12.3. The molecular formula is C15H22N4O. The first-order valence-electron chi connectivity index (χ1n) is 6.92. The van der Waals surface area contributed by atoms with Gasteiger partial charge in [-0.15, -0.1) is 5.10 Å². The summed E-state index contributed by atoms with van der Waals surface area (Å²) in [5.41, 5.74) is 3.34. The van der Waals surface area contributed by atoms with Crippen molar-refractivity contribution in [1.29, 1.82) is 0 Å². The predicted molar refractivity (Wildman–Crippen MR) is 78.9 cm³/mol. The Morgan fingerprint density at radius 3 is 2.85 bits per heavy atom. The average Bonchev–Trinajstić information content (AvgIpc) is 2.91. The molecule has 2 rings (SSSR count). The summed E-state index contributed by atoms with van der Waals surface area (Å²) in [4.78, 5) is 0. The molecule has 0 aliphatic rings. The molecule has 0 aliphatic carbocycles. The van der Waals surface area contributed by atoms with Gasteiger partial charge < -0.3 is 10.1 Å². The van der Waals surface area contributed by atoms with E-state index in [9.17, 15) is 0 Å². The van der Waals surface area contributed by atoms with E-state index in [1.807, 2.05) is 23.0 Å². The summed E-state index contributed by atoms with van der Waals surface area (Å²) in [6.07, 6.45) is 2.67. The lowest BCUT2D eigenvalue weighted by molar-refractivity contribution is 0.202. The van der Waals surface area contributed by atoms with E-state index in [0.717, 1.165) is 24.3 Å². The number of hydrogen-bond acceptors (Lipinski definition) is 4. The molecule has 108 valence electrons. The molecule has 1 heterocycles. The zero-order valence-electron chi connectivity index (χ0n) is 12.3. The summed E-state index contributed by atoms with van der Waals surface area (Å²) in [7, 11) is 1.72. The van der Waals surface area contributed by atoms with E-state index in [0.29, 0.717) is 12.6 Å². The quantitative estimate of drug-likeness (QED) is 0.838. The molecule has 0 spiro atoms. The first kappa shape index (κ1) is 14.7. The fourth-order valence-electron chi connectivity index (χ4n) is 2.03. The van der Waals surface area contributed by atoms with Gasteiger partial charge in [0.25, 0.3) is 0 Å².